The molecule has 7 nitrogen and oxygen atoms in total. The van der Waals surface area contributed by atoms with E-state index in [0.717, 1.165) is 15.9 Å². The first-order valence-corrected chi connectivity index (χ1v) is 8.21. The topological polar surface area (TPSA) is 84.3 Å². The van der Waals surface area contributed by atoms with Crippen LogP contribution in [0.25, 0.3) is 0 Å². The number of hydrogen-bond donors (Lipinski definition) is 1. The quantitative estimate of drug-likeness (QED) is 0.897. The predicted molar refractivity (Wildman–Crippen MR) is 93.4 cm³/mol. The zero-order valence-corrected chi connectivity index (χ0v) is 14.4. The monoisotopic (exact) mass is 360 g/mol. The lowest BCUT2D eigenvalue weighted by atomic mass is 10.1. The minimum atomic E-state index is -0.385. The Labute approximate surface area is 149 Å². The van der Waals surface area contributed by atoms with Gasteiger partial charge in [0.1, 0.15) is 6.54 Å². The lowest BCUT2D eigenvalue weighted by Gasteiger charge is -2.27. The third-order valence-corrected chi connectivity index (χ3v) is 4.36. The van der Waals surface area contributed by atoms with Crippen LogP contribution in [0.1, 0.15) is 18.2 Å². The Balaban J connectivity index is 1.76. The number of anilines is 1. The Bertz CT molecular complexity index is 894. The van der Waals surface area contributed by atoms with Gasteiger partial charge in [-0.2, -0.15) is 5.10 Å². The van der Waals surface area contributed by atoms with Crippen molar-refractivity contribution < 1.29 is 9.59 Å². The highest BCUT2D eigenvalue weighted by Gasteiger charge is 2.21. The number of fused-ring (bicyclic) bond motifs is 1. The zero-order valence-electron chi connectivity index (χ0n) is 13.7. The van der Waals surface area contributed by atoms with Crippen molar-refractivity contribution in [2.24, 2.45) is 0 Å². The molecule has 1 aromatic heterocycles. The Morgan fingerprint density at radius 2 is 2.08 bits per heavy atom. The van der Waals surface area contributed by atoms with Crippen molar-refractivity contribution in [3.8, 4) is 0 Å². The van der Waals surface area contributed by atoms with Gasteiger partial charge in [0.15, 0.2) is 0 Å². The summed E-state index contributed by atoms with van der Waals surface area (Å²) in [6.45, 7) is 2.23. The first-order chi connectivity index (χ1) is 11.9. The molecule has 1 aliphatic heterocycles. The van der Waals surface area contributed by atoms with Crippen molar-refractivity contribution in [2.45, 2.75) is 26.4 Å². The van der Waals surface area contributed by atoms with E-state index < -0.39 is 0 Å². The van der Waals surface area contributed by atoms with Crippen molar-refractivity contribution >= 4 is 29.1 Å². The number of benzene rings is 1. The third-order valence-electron chi connectivity index (χ3n) is 4.03. The van der Waals surface area contributed by atoms with Gasteiger partial charge in [-0.1, -0.05) is 23.7 Å². The van der Waals surface area contributed by atoms with Crippen LogP contribution in [0.4, 0.5) is 5.69 Å². The summed E-state index contributed by atoms with van der Waals surface area (Å²) in [5, 5.41) is 7.37. The maximum Gasteiger partial charge on any atom is 0.267 e. The largest absolute Gasteiger partial charge is 0.338 e. The van der Waals surface area contributed by atoms with Crippen molar-refractivity contribution in [3.63, 3.8) is 0 Å². The van der Waals surface area contributed by atoms with Gasteiger partial charge in [0.25, 0.3) is 5.56 Å². The highest BCUT2D eigenvalue weighted by atomic mass is 35.5. The van der Waals surface area contributed by atoms with Gasteiger partial charge in [-0.25, -0.2) is 4.68 Å². The van der Waals surface area contributed by atoms with Gasteiger partial charge in [-0.15, -0.1) is 0 Å². The molecular formula is C17H17ClN4O3. The van der Waals surface area contributed by atoms with E-state index >= 15 is 0 Å². The molecule has 8 heteroatoms. The Morgan fingerprint density at radius 3 is 2.80 bits per heavy atom. The molecule has 0 radical (unpaired) electrons. The molecule has 0 atom stereocenters. The van der Waals surface area contributed by atoms with Gasteiger partial charge in [0.05, 0.1) is 16.4 Å². The normalized spacial score (nSPS) is 13.3. The molecule has 0 unspecified atom stereocenters. The second-order valence-electron chi connectivity index (χ2n) is 5.83. The molecule has 130 valence electrons. The minimum absolute atomic E-state index is 0.0334. The molecule has 3 rings (SSSR count). The number of aromatic nitrogens is 2. The Kier molecular flexibility index (Phi) is 4.85. The van der Waals surface area contributed by atoms with Gasteiger partial charge in [-0.05, 0) is 12.1 Å². The van der Waals surface area contributed by atoms with E-state index in [1.165, 1.54) is 13.0 Å². The lowest BCUT2D eigenvalue weighted by Crippen LogP contribution is -2.38. The maximum atomic E-state index is 12.2. The molecular weight excluding hydrogens is 344 g/mol. The predicted octanol–water partition coefficient (Wildman–Crippen LogP) is 1.44. The third kappa shape index (κ3) is 3.88. The highest BCUT2D eigenvalue weighted by Crippen LogP contribution is 2.20. The molecule has 2 amide bonds. The molecule has 25 heavy (non-hydrogen) atoms. The van der Waals surface area contributed by atoms with Crippen molar-refractivity contribution in [1.82, 2.24) is 14.7 Å². The lowest BCUT2D eigenvalue weighted by molar-refractivity contribution is -0.129. The molecule has 0 aliphatic carbocycles. The molecule has 0 spiro atoms. The van der Waals surface area contributed by atoms with Crippen LogP contribution in [0.2, 0.25) is 5.02 Å². The number of carbonyl (C=O) groups is 2. The van der Waals surface area contributed by atoms with Crippen molar-refractivity contribution in [2.75, 3.05) is 11.9 Å². The second-order valence-corrected chi connectivity index (χ2v) is 6.24. The summed E-state index contributed by atoms with van der Waals surface area (Å²) in [5.74, 6) is -0.419. The fourth-order valence-electron chi connectivity index (χ4n) is 2.71. The number of halogens is 1. The Hall–Kier alpha value is -2.67. The smallest absolute Gasteiger partial charge is 0.267 e. The van der Waals surface area contributed by atoms with Crippen LogP contribution in [-0.2, 0) is 29.1 Å². The van der Waals surface area contributed by atoms with Gasteiger partial charge >= 0.3 is 0 Å². The molecule has 1 aromatic carbocycles. The van der Waals surface area contributed by atoms with Crippen molar-refractivity contribution in [3.05, 3.63) is 57.0 Å². The summed E-state index contributed by atoms with van der Waals surface area (Å²) in [4.78, 5) is 37.5. The molecule has 1 aliphatic rings. The molecule has 1 N–H and O–H groups in total. The number of rotatable bonds is 3. The zero-order chi connectivity index (χ0) is 18.0. The number of nitrogens with zero attached hydrogens (tertiary/aromatic N) is 3. The van der Waals surface area contributed by atoms with Crippen LogP contribution < -0.4 is 10.9 Å². The van der Waals surface area contributed by atoms with Gasteiger partial charge < -0.3 is 10.2 Å². The standard InChI is InChI=1S/C17H17ClN4O3/c1-11(23)21-7-6-14-12(9-21)8-17(25)22(20-14)10-16(24)19-15-5-3-2-4-13(15)18/h2-5,8H,6-7,9-10H2,1H3,(H,19,24). The van der Waals surface area contributed by atoms with Crippen LogP contribution in [0.5, 0.6) is 0 Å². The molecule has 2 aromatic rings. The average molecular weight is 361 g/mol. The SMILES string of the molecule is CC(=O)N1CCc2nn(CC(=O)Nc3ccccc3Cl)c(=O)cc2C1. The van der Waals surface area contributed by atoms with Crippen LogP contribution in [0.15, 0.2) is 35.1 Å². The van der Waals surface area contributed by atoms with E-state index in [0.29, 0.717) is 30.2 Å². The van der Waals surface area contributed by atoms with E-state index in [4.69, 9.17) is 11.6 Å². The molecule has 0 saturated heterocycles. The van der Waals surface area contributed by atoms with Crippen molar-refractivity contribution in [1.29, 1.82) is 0 Å². The average Bonchev–Trinajstić information content (AvgIpc) is 2.57. The summed E-state index contributed by atoms with van der Waals surface area (Å²) in [6.07, 6.45) is 0.557. The number of amides is 2. The van der Waals surface area contributed by atoms with E-state index in [1.807, 2.05) is 0 Å². The molecule has 0 fully saturated rings. The number of carbonyl (C=O) groups excluding carboxylic acids is 2. The fourth-order valence-corrected chi connectivity index (χ4v) is 2.89. The fraction of sp³-hybridized carbons (Fsp3) is 0.294. The van der Waals surface area contributed by atoms with E-state index in [1.54, 1.807) is 29.2 Å². The summed E-state index contributed by atoms with van der Waals surface area (Å²) in [7, 11) is 0. The van der Waals surface area contributed by atoms with Crippen LogP contribution in [-0.4, -0.2) is 33.0 Å². The first-order valence-electron chi connectivity index (χ1n) is 7.84. The number of para-hydroxylation sites is 1. The molecule has 0 saturated carbocycles. The van der Waals surface area contributed by atoms with Gasteiger partial charge in [0, 0.05) is 38.1 Å². The summed E-state index contributed by atoms with van der Waals surface area (Å²) < 4.78 is 1.13. The van der Waals surface area contributed by atoms with E-state index in [-0.39, 0.29) is 23.9 Å². The maximum absolute atomic E-state index is 12.2. The van der Waals surface area contributed by atoms with Gasteiger partial charge in [0.2, 0.25) is 11.8 Å². The van der Waals surface area contributed by atoms with Crippen LogP contribution >= 0.6 is 11.6 Å². The van der Waals surface area contributed by atoms with Crippen LogP contribution in [0, 0.1) is 0 Å². The van der Waals surface area contributed by atoms with Gasteiger partial charge in [-0.3, -0.25) is 14.4 Å². The first kappa shape index (κ1) is 17.2. The number of nitrogens with one attached hydrogen (secondary N) is 1. The Morgan fingerprint density at radius 1 is 1.32 bits per heavy atom. The number of hydrogen-bond acceptors (Lipinski definition) is 4. The van der Waals surface area contributed by atoms with E-state index in [2.05, 4.69) is 10.4 Å². The highest BCUT2D eigenvalue weighted by molar-refractivity contribution is 6.33. The summed E-state index contributed by atoms with van der Waals surface area (Å²) in [6, 6.07) is 8.31. The second kappa shape index (κ2) is 7.06. The van der Waals surface area contributed by atoms with Crippen LogP contribution in [0.3, 0.4) is 0 Å². The summed E-state index contributed by atoms with van der Waals surface area (Å²) in [5.41, 5.74) is 1.58. The summed E-state index contributed by atoms with van der Waals surface area (Å²) >= 11 is 6.01. The van der Waals surface area contributed by atoms with E-state index in [9.17, 15) is 14.4 Å². The molecule has 2 heterocycles. The minimum Gasteiger partial charge on any atom is -0.338 e. The molecule has 0 bridgehead atoms.